The number of carbonyl (C=O) groups excluding carboxylic acids is 3. The topological polar surface area (TPSA) is 68.6 Å². The molecule has 1 heterocycles. The van der Waals surface area contributed by atoms with Crippen molar-refractivity contribution in [3.63, 3.8) is 0 Å². The van der Waals surface area contributed by atoms with Crippen LogP contribution >= 0.6 is 0 Å². The number of aromatic nitrogens is 1. The number of hydrogen-bond acceptors (Lipinski definition) is 4. The minimum atomic E-state index is -0.330. The Morgan fingerprint density at radius 1 is 1.35 bits per heavy atom. The Labute approximate surface area is 118 Å². The van der Waals surface area contributed by atoms with Crippen LogP contribution < -0.4 is 0 Å². The van der Waals surface area contributed by atoms with Gasteiger partial charge in [0.05, 0.1) is 13.0 Å². The van der Waals surface area contributed by atoms with E-state index in [1.165, 1.54) is 11.8 Å². The lowest BCUT2D eigenvalue weighted by Gasteiger charge is -2.16. The van der Waals surface area contributed by atoms with Crippen molar-refractivity contribution in [1.82, 2.24) is 9.47 Å². The highest BCUT2D eigenvalue weighted by atomic mass is 16.5. The molecule has 0 fully saturated rings. The molecule has 6 heteroatoms. The van der Waals surface area contributed by atoms with Crippen molar-refractivity contribution in [2.45, 2.75) is 20.3 Å². The maximum Gasteiger partial charge on any atom is 0.307 e. The summed E-state index contributed by atoms with van der Waals surface area (Å²) in [6.07, 6.45) is 1.77. The molecular weight excluding hydrogens is 260 g/mol. The first-order chi connectivity index (χ1) is 9.36. The van der Waals surface area contributed by atoms with Gasteiger partial charge in [0.1, 0.15) is 5.69 Å². The number of nitrogens with zero attached hydrogens (tertiary/aromatic N) is 2. The molecule has 110 valence electrons. The quantitative estimate of drug-likeness (QED) is 0.581. The van der Waals surface area contributed by atoms with E-state index in [0.29, 0.717) is 17.9 Å². The predicted octanol–water partition coefficient (Wildman–Crippen LogP) is 1.25. The van der Waals surface area contributed by atoms with Crippen molar-refractivity contribution in [1.29, 1.82) is 0 Å². The number of esters is 1. The molecule has 1 amide bonds. The van der Waals surface area contributed by atoms with E-state index in [-0.39, 0.29) is 30.6 Å². The zero-order valence-electron chi connectivity index (χ0n) is 12.3. The Hall–Kier alpha value is -2.11. The molecule has 6 nitrogen and oxygen atoms in total. The summed E-state index contributed by atoms with van der Waals surface area (Å²) in [4.78, 5) is 36.2. The molecule has 0 atom stereocenters. The van der Waals surface area contributed by atoms with Gasteiger partial charge in [-0.15, -0.1) is 0 Å². The van der Waals surface area contributed by atoms with Crippen LogP contribution in [0.2, 0.25) is 0 Å². The first-order valence-corrected chi connectivity index (χ1v) is 6.45. The van der Waals surface area contributed by atoms with Gasteiger partial charge < -0.3 is 14.2 Å². The van der Waals surface area contributed by atoms with Gasteiger partial charge in [0.25, 0.3) is 5.91 Å². The third kappa shape index (κ3) is 3.94. The zero-order chi connectivity index (χ0) is 15.3. The largest absolute Gasteiger partial charge is 0.466 e. The fourth-order valence-electron chi connectivity index (χ4n) is 1.76. The van der Waals surface area contributed by atoms with Gasteiger partial charge in [0, 0.05) is 32.4 Å². The van der Waals surface area contributed by atoms with Gasteiger partial charge in [-0.25, -0.2) is 0 Å². The molecule has 0 spiro atoms. The molecule has 1 aromatic rings. The first-order valence-electron chi connectivity index (χ1n) is 6.45. The third-order valence-electron chi connectivity index (χ3n) is 2.93. The zero-order valence-corrected chi connectivity index (χ0v) is 12.3. The number of aryl methyl sites for hydroxylation is 1. The van der Waals surface area contributed by atoms with Gasteiger partial charge in [0.15, 0.2) is 5.78 Å². The van der Waals surface area contributed by atoms with E-state index in [0.717, 1.165) is 0 Å². The summed E-state index contributed by atoms with van der Waals surface area (Å²) < 4.78 is 6.42. The summed E-state index contributed by atoms with van der Waals surface area (Å²) in [6, 6.07) is 1.56. The Kier molecular flexibility index (Phi) is 5.49. The Balaban J connectivity index is 2.69. The molecule has 0 aliphatic carbocycles. The SMILES string of the molecule is CCOC(=O)CCN(C)C(=O)c1cc(C(C)=O)cn1C. The summed E-state index contributed by atoms with van der Waals surface area (Å²) in [5.41, 5.74) is 0.913. The van der Waals surface area contributed by atoms with E-state index >= 15 is 0 Å². The molecule has 0 unspecified atom stereocenters. The van der Waals surface area contributed by atoms with Crippen LogP contribution in [0.4, 0.5) is 0 Å². The molecular formula is C14H20N2O4. The number of hydrogen-bond donors (Lipinski definition) is 0. The van der Waals surface area contributed by atoms with Crippen molar-refractivity contribution in [2.75, 3.05) is 20.2 Å². The van der Waals surface area contributed by atoms with Crippen LogP contribution in [0.1, 0.15) is 41.1 Å². The predicted molar refractivity (Wildman–Crippen MR) is 73.6 cm³/mol. The summed E-state index contributed by atoms with van der Waals surface area (Å²) in [7, 11) is 3.32. The molecule has 0 bridgehead atoms. The minimum Gasteiger partial charge on any atom is -0.466 e. The number of Topliss-reactive ketones (excluding diaryl/α,β-unsaturated/α-hetero) is 1. The maximum absolute atomic E-state index is 12.2. The number of carbonyl (C=O) groups is 3. The van der Waals surface area contributed by atoms with E-state index in [2.05, 4.69) is 0 Å². The minimum absolute atomic E-state index is 0.0890. The van der Waals surface area contributed by atoms with Crippen molar-refractivity contribution < 1.29 is 19.1 Å². The summed E-state index contributed by atoms with van der Waals surface area (Å²) in [5, 5.41) is 0. The molecule has 1 aromatic heterocycles. The van der Waals surface area contributed by atoms with Gasteiger partial charge >= 0.3 is 5.97 Å². The van der Waals surface area contributed by atoms with E-state index in [1.807, 2.05) is 0 Å². The second-order valence-electron chi connectivity index (χ2n) is 4.56. The number of ether oxygens (including phenoxy) is 1. The molecule has 0 radical (unpaired) electrons. The fourth-order valence-corrected chi connectivity index (χ4v) is 1.76. The van der Waals surface area contributed by atoms with E-state index in [4.69, 9.17) is 4.74 Å². The van der Waals surface area contributed by atoms with Crippen molar-refractivity contribution >= 4 is 17.7 Å². The molecule has 0 N–H and O–H groups in total. The Morgan fingerprint density at radius 2 is 2.00 bits per heavy atom. The monoisotopic (exact) mass is 280 g/mol. The summed E-state index contributed by atoms with van der Waals surface area (Å²) in [6.45, 7) is 3.79. The Bertz CT molecular complexity index is 519. The van der Waals surface area contributed by atoms with Crippen LogP contribution in [-0.4, -0.2) is 47.3 Å². The highest BCUT2D eigenvalue weighted by Gasteiger charge is 2.18. The standard InChI is InChI=1S/C14H20N2O4/c1-5-20-13(18)6-7-15(3)14(19)12-8-11(10(2)17)9-16(12)4/h8-9H,5-7H2,1-4H3. The summed E-state index contributed by atoms with van der Waals surface area (Å²) >= 11 is 0. The molecule has 0 aromatic carbocycles. The van der Waals surface area contributed by atoms with Crippen LogP contribution in [-0.2, 0) is 16.6 Å². The fraction of sp³-hybridized carbons (Fsp3) is 0.500. The highest BCUT2D eigenvalue weighted by Crippen LogP contribution is 2.10. The Morgan fingerprint density at radius 3 is 2.50 bits per heavy atom. The lowest BCUT2D eigenvalue weighted by Crippen LogP contribution is -2.30. The van der Waals surface area contributed by atoms with Crippen LogP contribution in [0, 0.1) is 0 Å². The van der Waals surface area contributed by atoms with E-state index in [1.54, 1.807) is 37.8 Å². The smallest absolute Gasteiger partial charge is 0.307 e. The molecule has 20 heavy (non-hydrogen) atoms. The van der Waals surface area contributed by atoms with Gasteiger partial charge in [-0.3, -0.25) is 14.4 Å². The highest BCUT2D eigenvalue weighted by molar-refractivity contribution is 5.99. The van der Waals surface area contributed by atoms with E-state index < -0.39 is 0 Å². The molecule has 1 rings (SSSR count). The van der Waals surface area contributed by atoms with E-state index in [9.17, 15) is 14.4 Å². The van der Waals surface area contributed by atoms with Gasteiger partial charge in [0.2, 0.25) is 0 Å². The van der Waals surface area contributed by atoms with Crippen LogP contribution in [0.5, 0.6) is 0 Å². The van der Waals surface area contributed by atoms with Crippen molar-refractivity contribution in [3.8, 4) is 0 Å². The van der Waals surface area contributed by atoms with Gasteiger partial charge in [-0.2, -0.15) is 0 Å². The van der Waals surface area contributed by atoms with Crippen LogP contribution in [0.25, 0.3) is 0 Å². The molecule has 0 aliphatic rings. The van der Waals surface area contributed by atoms with Crippen LogP contribution in [0.15, 0.2) is 12.3 Å². The average Bonchev–Trinajstić information content (AvgIpc) is 2.77. The van der Waals surface area contributed by atoms with Crippen molar-refractivity contribution in [3.05, 3.63) is 23.5 Å². The lowest BCUT2D eigenvalue weighted by molar-refractivity contribution is -0.143. The van der Waals surface area contributed by atoms with Gasteiger partial charge in [-0.1, -0.05) is 0 Å². The number of ketones is 1. The normalized spacial score (nSPS) is 10.2. The maximum atomic E-state index is 12.2. The lowest BCUT2D eigenvalue weighted by atomic mass is 10.2. The average molecular weight is 280 g/mol. The molecule has 0 saturated heterocycles. The number of amides is 1. The second-order valence-corrected chi connectivity index (χ2v) is 4.56. The van der Waals surface area contributed by atoms with Crippen LogP contribution in [0.3, 0.4) is 0 Å². The second kappa shape index (κ2) is 6.88. The first kappa shape index (κ1) is 15.9. The molecule has 0 aliphatic heterocycles. The van der Waals surface area contributed by atoms with Gasteiger partial charge in [-0.05, 0) is 19.9 Å². The number of rotatable bonds is 6. The van der Waals surface area contributed by atoms with Crippen molar-refractivity contribution in [2.24, 2.45) is 7.05 Å². The summed E-state index contributed by atoms with van der Waals surface area (Å²) in [5.74, 6) is -0.651. The molecule has 0 saturated carbocycles. The third-order valence-corrected chi connectivity index (χ3v) is 2.93.